The van der Waals surface area contributed by atoms with Crippen LogP contribution in [0, 0.1) is 0 Å². The van der Waals surface area contributed by atoms with Gasteiger partial charge in [0.2, 0.25) is 0 Å². The van der Waals surface area contributed by atoms with Gasteiger partial charge in [0.15, 0.2) is 5.78 Å². The fourth-order valence-electron chi connectivity index (χ4n) is 3.07. The molecule has 0 bridgehead atoms. The van der Waals surface area contributed by atoms with Crippen LogP contribution < -0.4 is 10.0 Å². The van der Waals surface area contributed by atoms with E-state index in [1.165, 1.54) is 5.56 Å². The monoisotopic (exact) mass is 328 g/mol. The van der Waals surface area contributed by atoms with Crippen LogP contribution in [0.4, 0.5) is 0 Å². The Morgan fingerprint density at radius 2 is 1.65 bits per heavy atom. The highest BCUT2D eigenvalue weighted by Crippen LogP contribution is 2.50. The van der Waals surface area contributed by atoms with Gasteiger partial charge in [-0.25, -0.2) is 0 Å². The highest BCUT2D eigenvalue weighted by atomic mass is 31.1. The number of carbonyl (C=O) groups is 1. The van der Waals surface area contributed by atoms with Gasteiger partial charge >= 0.3 is 0 Å². The summed E-state index contributed by atoms with van der Waals surface area (Å²) in [6, 6.07) is 16.2. The quantitative estimate of drug-likeness (QED) is 0.533. The number of methoxy groups -OCH3 is 1. The summed E-state index contributed by atoms with van der Waals surface area (Å²) in [6.45, 7) is 6.09. The van der Waals surface area contributed by atoms with Crippen molar-refractivity contribution in [1.82, 2.24) is 0 Å². The molecule has 23 heavy (non-hydrogen) atoms. The van der Waals surface area contributed by atoms with Crippen LogP contribution in [0.25, 0.3) is 0 Å². The molecule has 2 rings (SSSR count). The summed E-state index contributed by atoms with van der Waals surface area (Å²) >= 11 is 0. The fraction of sp³-hybridized carbons (Fsp3) is 0.350. The maximum Gasteiger partial charge on any atom is 0.160 e. The van der Waals surface area contributed by atoms with Crippen LogP contribution in [-0.4, -0.2) is 12.9 Å². The lowest BCUT2D eigenvalue weighted by atomic mass is 9.92. The molecular weight excluding hydrogens is 303 g/mol. The van der Waals surface area contributed by atoms with E-state index in [-0.39, 0.29) is 10.9 Å². The van der Waals surface area contributed by atoms with Crippen molar-refractivity contribution in [3.63, 3.8) is 0 Å². The SMILES string of the molecule is CCC(CC)(Pc1ccccc1C(C)=O)c1ccccc1OC. The van der Waals surface area contributed by atoms with Crippen LogP contribution in [0.1, 0.15) is 49.5 Å². The second kappa shape index (κ2) is 7.75. The third-order valence-electron chi connectivity index (χ3n) is 4.51. The number of carbonyl (C=O) groups excluding carboxylic acids is 1. The van der Waals surface area contributed by atoms with Gasteiger partial charge in [0.25, 0.3) is 0 Å². The lowest BCUT2D eigenvalue weighted by Crippen LogP contribution is -2.24. The van der Waals surface area contributed by atoms with E-state index in [1.54, 1.807) is 14.0 Å². The maximum atomic E-state index is 12.0. The zero-order chi connectivity index (χ0) is 16.9. The van der Waals surface area contributed by atoms with E-state index in [4.69, 9.17) is 4.74 Å². The number of hydrogen-bond acceptors (Lipinski definition) is 2. The molecule has 0 amide bonds. The zero-order valence-corrected chi connectivity index (χ0v) is 15.3. The molecular formula is C20H25O2P. The number of hydrogen-bond donors (Lipinski definition) is 0. The summed E-state index contributed by atoms with van der Waals surface area (Å²) in [5.41, 5.74) is 2.08. The third kappa shape index (κ3) is 3.64. The number of Topliss-reactive ketones (excluding diaryl/α,β-unsaturated/α-hetero) is 1. The molecule has 0 aromatic heterocycles. The van der Waals surface area contributed by atoms with Crippen molar-refractivity contribution in [2.24, 2.45) is 0 Å². The van der Waals surface area contributed by atoms with Crippen LogP contribution in [0.3, 0.4) is 0 Å². The molecule has 3 heteroatoms. The van der Waals surface area contributed by atoms with Gasteiger partial charge in [0, 0.05) is 16.3 Å². The fourth-order valence-corrected chi connectivity index (χ4v) is 4.86. The lowest BCUT2D eigenvalue weighted by molar-refractivity contribution is 0.101. The molecule has 0 fully saturated rings. The molecule has 0 aliphatic heterocycles. The van der Waals surface area contributed by atoms with Crippen LogP contribution in [0.2, 0.25) is 0 Å². The van der Waals surface area contributed by atoms with Crippen molar-refractivity contribution in [2.45, 2.75) is 38.8 Å². The molecule has 0 N–H and O–H groups in total. The van der Waals surface area contributed by atoms with Gasteiger partial charge in [0.1, 0.15) is 5.75 Å². The zero-order valence-electron chi connectivity index (χ0n) is 14.3. The first-order chi connectivity index (χ1) is 11.1. The third-order valence-corrected chi connectivity index (χ3v) is 6.67. The Morgan fingerprint density at radius 1 is 1.04 bits per heavy atom. The summed E-state index contributed by atoms with van der Waals surface area (Å²) in [5, 5.41) is 1.15. The Morgan fingerprint density at radius 3 is 2.26 bits per heavy atom. The topological polar surface area (TPSA) is 26.3 Å². The van der Waals surface area contributed by atoms with E-state index in [0.29, 0.717) is 8.58 Å². The smallest absolute Gasteiger partial charge is 0.160 e. The van der Waals surface area contributed by atoms with Gasteiger partial charge in [-0.05, 0) is 31.1 Å². The Hall–Kier alpha value is -1.66. The lowest BCUT2D eigenvalue weighted by Gasteiger charge is -2.34. The van der Waals surface area contributed by atoms with E-state index in [2.05, 4.69) is 32.0 Å². The van der Waals surface area contributed by atoms with Crippen molar-refractivity contribution in [2.75, 3.05) is 7.11 Å². The number of benzene rings is 2. The molecule has 0 saturated heterocycles. The molecule has 0 aliphatic carbocycles. The number of rotatable bonds is 7. The average molecular weight is 328 g/mol. The molecule has 0 aliphatic rings. The van der Waals surface area contributed by atoms with Gasteiger partial charge in [-0.1, -0.05) is 64.9 Å². The molecule has 1 atom stereocenters. The second-order valence-electron chi connectivity index (χ2n) is 5.72. The number of ketones is 1. The Balaban J connectivity index is 2.53. The summed E-state index contributed by atoms with van der Waals surface area (Å²) in [6.07, 6.45) is 2.02. The summed E-state index contributed by atoms with van der Waals surface area (Å²) in [4.78, 5) is 12.0. The minimum absolute atomic E-state index is 0.00183. The van der Waals surface area contributed by atoms with E-state index in [1.807, 2.05) is 30.3 Å². The molecule has 0 saturated carbocycles. The van der Waals surface area contributed by atoms with E-state index in [0.717, 1.165) is 29.5 Å². The summed E-state index contributed by atoms with van der Waals surface area (Å²) in [5.74, 6) is 1.07. The molecule has 0 heterocycles. The minimum Gasteiger partial charge on any atom is -0.496 e. The molecule has 1 unspecified atom stereocenters. The van der Waals surface area contributed by atoms with Crippen molar-refractivity contribution < 1.29 is 9.53 Å². The van der Waals surface area contributed by atoms with Crippen molar-refractivity contribution in [3.8, 4) is 5.75 Å². The van der Waals surface area contributed by atoms with E-state index >= 15 is 0 Å². The molecule has 2 aromatic carbocycles. The van der Waals surface area contributed by atoms with Crippen LogP contribution >= 0.6 is 8.58 Å². The van der Waals surface area contributed by atoms with Crippen LogP contribution in [0.5, 0.6) is 5.75 Å². The van der Waals surface area contributed by atoms with E-state index in [9.17, 15) is 4.79 Å². The normalized spacial score (nSPS) is 11.8. The van der Waals surface area contributed by atoms with Crippen molar-refractivity contribution in [1.29, 1.82) is 0 Å². The summed E-state index contributed by atoms with van der Waals surface area (Å²) < 4.78 is 5.61. The molecule has 122 valence electrons. The molecule has 2 aromatic rings. The molecule has 0 radical (unpaired) electrons. The number of para-hydroxylation sites is 1. The highest BCUT2D eigenvalue weighted by molar-refractivity contribution is 7.48. The first-order valence-electron chi connectivity index (χ1n) is 8.09. The van der Waals surface area contributed by atoms with Crippen LogP contribution in [0.15, 0.2) is 48.5 Å². The first kappa shape index (κ1) is 17.7. The van der Waals surface area contributed by atoms with Crippen LogP contribution in [-0.2, 0) is 5.16 Å². The Bertz CT molecular complexity index is 675. The van der Waals surface area contributed by atoms with Gasteiger partial charge in [-0.15, -0.1) is 0 Å². The van der Waals surface area contributed by atoms with Gasteiger partial charge in [-0.2, -0.15) is 0 Å². The predicted octanol–water partition coefficient (Wildman–Crippen LogP) is 4.92. The van der Waals surface area contributed by atoms with E-state index < -0.39 is 0 Å². The van der Waals surface area contributed by atoms with Crippen molar-refractivity contribution >= 4 is 19.7 Å². The predicted molar refractivity (Wildman–Crippen MR) is 99.6 cm³/mol. The molecule has 0 spiro atoms. The largest absolute Gasteiger partial charge is 0.496 e. The minimum atomic E-state index is -0.00183. The number of ether oxygens (including phenoxy) is 1. The highest BCUT2D eigenvalue weighted by Gasteiger charge is 2.32. The molecule has 2 nitrogen and oxygen atoms in total. The average Bonchev–Trinajstić information content (AvgIpc) is 2.60. The van der Waals surface area contributed by atoms with Gasteiger partial charge in [-0.3, -0.25) is 4.79 Å². The van der Waals surface area contributed by atoms with Gasteiger partial charge < -0.3 is 4.74 Å². The first-order valence-corrected chi connectivity index (χ1v) is 9.09. The van der Waals surface area contributed by atoms with Crippen molar-refractivity contribution in [3.05, 3.63) is 59.7 Å². The Labute approximate surface area is 141 Å². The van der Waals surface area contributed by atoms with Gasteiger partial charge in [0.05, 0.1) is 7.11 Å². The summed E-state index contributed by atoms with van der Waals surface area (Å²) in [7, 11) is 2.26. The second-order valence-corrected chi connectivity index (χ2v) is 7.46. The maximum absolute atomic E-state index is 12.0. The standard InChI is InChI=1S/C20H25O2P/c1-5-20(6-2,17-12-8-9-13-18(17)22-4)23-19-14-10-7-11-16(19)15(3)21/h7-14,23H,5-6H2,1-4H3. The Kier molecular flexibility index (Phi) is 5.96.